The van der Waals surface area contributed by atoms with Crippen molar-refractivity contribution < 1.29 is 13.9 Å². The molecule has 3 aromatic rings. The lowest BCUT2D eigenvalue weighted by Gasteiger charge is -2.32. The highest BCUT2D eigenvalue weighted by atomic mass is 16.5. The lowest BCUT2D eigenvalue weighted by molar-refractivity contribution is -0.125. The van der Waals surface area contributed by atoms with Crippen molar-refractivity contribution in [2.24, 2.45) is 5.92 Å². The molecule has 0 atom stereocenters. The summed E-state index contributed by atoms with van der Waals surface area (Å²) in [4.78, 5) is 26.9. The molecule has 1 aromatic carbocycles. The number of nitrogens with zero attached hydrogens (tertiary/aromatic N) is 3. The molecule has 0 bridgehead atoms. The Balaban J connectivity index is 1.35. The highest BCUT2D eigenvalue weighted by Crippen LogP contribution is 2.22. The molecular formula is C23H26N4O4. The summed E-state index contributed by atoms with van der Waals surface area (Å²) in [6.45, 7) is 2.00. The molecule has 1 amide bonds. The zero-order chi connectivity index (χ0) is 21.6. The monoisotopic (exact) mass is 422 g/mol. The van der Waals surface area contributed by atoms with Crippen LogP contribution in [0.1, 0.15) is 18.6 Å². The third kappa shape index (κ3) is 4.96. The third-order valence-electron chi connectivity index (χ3n) is 5.54. The van der Waals surface area contributed by atoms with Gasteiger partial charge < -0.3 is 19.4 Å². The van der Waals surface area contributed by atoms with E-state index in [2.05, 4.69) is 15.3 Å². The van der Waals surface area contributed by atoms with E-state index in [0.717, 1.165) is 30.2 Å². The quantitative estimate of drug-likeness (QED) is 0.629. The number of rotatable bonds is 7. The van der Waals surface area contributed by atoms with Crippen molar-refractivity contribution >= 4 is 11.7 Å². The first kappa shape index (κ1) is 20.7. The third-order valence-corrected chi connectivity index (χ3v) is 5.54. The maximum absolute atomic E-state index is 12.5. The number of methoxy groups -OCH3 is 1. The van der Waals surface area contributed by atoms with Crippen LogP contribution in [0.2, 0.25) is 0 Å². The lowest BCUT2D eigenvalue weighted by atomic mass is 9.96. The molecule has 1 fully saturated rings. The Hall–Kier alpha value is -3.55. The first-order valence-electron chi connectivity index (χ1n) is 10.4. The summed E-state index contributed by atoms with van der Waals surface area (Å²) >= 11 is 0. The second-order valence-corrected chi connectivity index (χ2v) is 7.52. The SMILES string of the molecule is COc1ccc(-n2nc(N3CCC(C(=O)NCCc4ccco4)CC3)ccc2=O)cc1. The summed E-state index contributed by atoms with van der Waals surface area (Å²) in [5.41, 5.74) is 0.484. The van der Waals surface area contributed by atoms with Gasteiger partial charge in [-0.3, -0.25) is 9.59 Å². The number of amides is 1. The van der Waals surface area contributed by atoms with E-state index in [0.29, 0.717) is 31.7 Å². The highest BCUT2D eigenvalue weighted by Gasteiger charge is 2.25. The van der Waals surface area contributed by atoms with E-state index in [1.54, 1.807) is 43.7 Å². The summed E-state index contributed by atoms with van der Waals surface area (Å²) in [6, 6.07) is 14.2. The Morgan fingerprint density at radius 1 is 1.16 bits per heavy atom. The van der Waals surface area contributed by atoms with Crippen LogP contribution in [0.3, 0.4) is 0 Å². The fourth-order valence-electron chi connectivity index (χ4n) is 3.76. The molecule has 8 heteroatoms. The largest absolute Gasteiger partial charge is 0.497 e. The van der Waals surface area contributed by atoms with Gasteiger partial charge in [0.05, 0.1) is 19.1 Å². The van der Waals surface area contributed by atoms with Crippen LogP contribution in [0.4, 0.5) is 5.82 Å². The van der Waals surface area contributed by atoms with E-state index in [-0.39, 0.29) is 17.4 Å². The molecule has 3 heterocycles. The van der Waals surface area contributed by atoms with Gasteiger partial charge in [0.1, 0.15) is 17.3 Å². The predicted octanol–water partition coefficient (Wildman–Crippen LogP) is 2.41. The number of carbonyl (C=O) groups is 1. The molecule has 0 unspecified atom stereocenters. The molecule has 0 radical (unpaired) electrons. The molecule has 2 aromatic heterocycles. The fraction of sp³-hybridized carbons (Fsp3) is 0.348. The molecule has 8 nitrogen and oxygen atoms in total. The van der Waals surface area contributed by atoms with Gasteiger partial charge in [-0.05, 0) is 55.3 Å². The smallest absolute Gasteiger partial charge is 0.271 e. The zero-order valence-corrected chi connectivity index (χ0v) is 17.5. The van der Waals surface area contributed by atoms with Gasteiger partial charge in [0, 0.05) is 38.0 Å². The van der Waals surface area contributed by atoms with Crippen molar-refractivity contribution in [2.45, 2.75) is 19.3 Å². The van der Waals surface area contributed by atoms with E-state index in [4.69, 9.17) is 9.15 Å². The molecule has 0 aliphatic carbocycles. The number of anilines is 1. The molecule has 1 aliphatic heterocycles. The number of hydrogen-bond acceptors (Lipinski definition) is 6. The first-order chi connectivity index (χ1) is 15.1. The van der Waals surface area contributed by atoms with Crippen LogP contribution in [0, 0.1) is 5.92 Å². The average Bonchev–Trinajstić information content (AvgIpc) is 3.33. The van der Waals surface area contributed by atoms with Crippen LogP contribution in [0.25, 0.3) is 5.69 Å². The van der Waals surface area contributed by atoms with Gasteiger partial charge in [0.25, 0.3) is 5.56 Å². The standard InChI is InChI=1S/C23H26N4O4/c1-30-19-6-4-18(5-7-19)27-22(28)9-8-21(25-27)26-14-11-17(12-15-26)23(29)24-13-10-20-3-2-16-31-20/h2-9,16-17H,10-15H2,1H3,(H,24,29). The molecule has 31 heavy (non-hydrogen) atoms. The summed E-state index contributed by atoms with van der Waals surface area (Å²) in [5.74, 6) is 2.39. The molecular weight excluding hydrogens is 396 g/mol. The first-order valence-corrected chi connectivity index (χ1v) is 10.4. The zero-order valence-electron chi connectivity index (χ0n) is 17.5. The van der Waals surface area contributed by atoms with Crippen molar-refractivity contribution in [3.8, 4) is 11.4 Å². The molecule has 1 aliphatic rings. The van der Waals surface area contributed by atoms with Gasteiger partial charge in [0.2, 0.25) is 5.91 Å². The van der Waals surface area contributed by atoms with Crippen molar-refractivity contribution in [3.63, 3.8) is 0 Å². The maximum atomic E-state index is 12.5. The van der Waals surface area contributed by atoms with Gasteiger partial charge in [-0.25, -0.2) is 0 Å². The van der Waals surface area contributed by atoms with Crippen LogP contribution in [0.15, 0.2) is 64.0 Å². The highest BCUT2D eigenvalue weighted by molar-refractivity contribution is 5.79. The molecule has 4 rings (SSSR count). The normalized spacial score (nSPS) is 14.4. The van der Waals surface area contributed by atoms with Gasteiger partial charge in [-0.2, -0.15) is 4.68 Å². The van der Waals surface area contributed by atoms with Crippen LogP contribution in [0.5, 0.6) is 5.75 Å². The minimum absolute atomic E-state index is 0.0136. The number of nitrogens with one attached hydrogen (secondary N) is 1. The number of carbonyl (C=O) groups excluding carboxylic acids is 1. The second kappa shape index (κ2) is 9.51. The summed E-state index contributed by atoms with van der Waals surface area (Å²) in [6.07, 6.45) is 3.82. The van der Waals surface area contributed by atoms with E-state index in [1.807, 2.05) is 12.1 Å². The Morgan fingerprint density at radius 2 is 1.94 bits per heavy atom. The van der Waals surface area contributed by atoms with Crippen LogP contribution in [-0.2, 0) is 11.2 Å². The minimum Gasteiger partial charge on any atom is -0.497 e. The van der Waals surface area contributed by atoms with E-state index in [1.165, 1.54) is 10.7 Å². The Bertz CT molecular complexity index is 1050. The summed E-state index contributed by atoms with van der Waals surface area (Å²) in [5, 5.41) is 7.55. The average molecular weight is 422 g/mol. The molecule has 0 spiro atoms. The van der Waals surface area contributed by atoms with Crippen LogP contribution in [-0.4, -0.2) is 42.4 Å². The van der Waals surface area contributed by atoms with E-state index >= 15 is 0 Å². The van der Waals surface area contributed by atoms with Gasteiger partial charge in [0.15, 0.2) is 0 Å². The molecule has 1 saturated heterocycles. The number of furan rings is 1. The van der Waals surface area contributed by atoms with Crippen molar-refractivity contribution in [1.82, 2.24) is 15.1 Å². The second-order valence-electron chi connectivity index (χ2n) is 7.52. The minimum atomic E-state index is -0.195. The van der Waals surface area contributed by atoms with Gasteiger partial charge in [-0.1, -0.05) is 0 Å². The van der Waals surface area contributed by atoms with Gasteiger partial charge >= 0.3 is 0 Å². The van der Waals surface area contributed by atoms with E-state index < -0.39 is 0 Å². The summed E-state index contributed by atoms with van der Waals surface area (Å²) in [7, 11) is 1.60. The van der Waals surface area contributed by atoms with Crippen LogP contribution < -0.4 is 20.5 Å². The molecule has 0 saturated carbocycles. The number of hydrogen-bond donors (Lipinski definition) is 1. The Morgan fingerprint density at radius 3 is 2.61 bits per heavy atom. The maximum Gasteiger partial charge on any atom is 0.271 e. The predicted molar refractivity (Wildman–Crippen MR) is 117 cm³/mol. The number of benzene rings is 1. The topological polar surface area (TPSA) is 89.6 Å². The van der Waals surface area contributed by atoms with Crippen molar-refractivity contribution in [3.05, 3.63) is 70.9 Å². The Labute approximate surface area is 180 Å². The number of piperidine rings is 1. The lowest BCUT2D eigenvalue weighted by Crippen LogP contribution is -2.41. The van der Waals surface area contributed by atoms with Gasteiger partial charge in [-0.15, -0.1) is 5.10 Å². The molecule has 1 N–H and O–H groups in total. The Kier molecular flexibility index (Phi) is 6.35. The summed E-state index contributed by atoms with van der Waals surface area (Å²) < 4.78 is 11.9. The van der Waals surface area contributed by atoms with Crippen molar-refractivity contribution in [1.29, 1.82) is 0 Å². The number of aromatic nitrogens is 2. The van der Waals surface area contributed by atoms with Crippen LogP contribution >= 0.6 is 0 Å². The fourth-order valence-corrected chi connectivity index (χ4v) is 3.76. The van der Waals surface area contributed by atoms with E-state index in [9.17, 15) is 9.59 Å². The van der Waals surface area contributed by atoms with Crippen molar-refractivity contribution in [2.75, 3.05) is 31.6 Å². The molecule has 162 valence electrons. The number of ether oxygens (including phenoxy) is 1.